The molecular weight excluding hydrogens is 778 g/mol. The summed E-state index contributed by atoms with van der Waals surface area (Å²) in [5, 5.41) is 8.27. The molecule has 0 saturated carbocycles. The number of hydrogen-bond acceptors (Lipinski definition) is 11. The number of pyridine rings is 3. The molecule has 3 heterocycles. The number of nitrogen functional groups attached to an aromatic ring is 1. The topological polar surface area (TPSA) is 149 Å². The quantitative estimate of drug-likeness (QED) is 0.100. The third kappa shape index (κ3) is 8.52. The van der Waals surface area contributed by atoms with Crippen molar-refractivity contribution in [2.45, 2.75) is 0 Å². The van der Waals surface area contributed by atoms with Gasteiger partial charge in [0.25, 0.3) is 5.91 Å². The largest absolute Gasteiger partial charge is 0.493 e. The third-order valence-electron chi connectivity index (χ3n) is 9.78. The van der Waals surface area contributed by atoms with E-state index in [9.17, 15) is 9.18 Å². The number of benzene rings is 6. The molecule has 3 N–H and O–H groups in total. The molecule has 0 spiro atoms. The van der Waals surface area contributed by atoms with Crippen LogP contribution in [0.5, 0.6) is 46.0 Å². The Morgan fingerprint density at radius 2 is 1.02 bits per heavy atom. The number of nitrogens with zero attached hydrogens (tertiary/aromatic N) is 3. The van der Waals surface area contributed by atoms with E-state index in [0.29, 0.717) is 51.5 Å². The lowest BCUT2D eigenvalue weighted by Crippen LogP contribution is -2.14. The van der Waals surface area contributed by atoms with Crippen LogP contribution in [0, 0.1) is 5.95 Å². The molecule has 12 nitrogen and oxygen atoms in total. The lowest BCUT2D eigenvalue weighted by Gasteiger charge is -2.13. The van der Waals surface area contributed by atoms with Gasteiger partial charge in [0, 0.05) is 52.9 Å². The molecule has 9 rings (SSSR count). The predicted molar refractivity (Wildman–Crippen MR) is 234 cm³/mol. The number of rotatable bonds is 10. The van der Waals surface area contributed by atoms with Crippen molar-refractivity contribution in [2.75, 3.05) is 39.5 Å². The van der Waals surface area contributed by atoms with Crippen LogP contribution in [0.1, 0.15) is 10.4 Å². The normalized spacial score (nSPS) is 10.8. The van der Waals surface area contributed by atoms with E-state index in [4.69, 9.17) is 34.2 Å². The molecule has 9 aromatic rings. The lowest BCUT2D eigenvalue weighted by molar-refractivity contribution is 0.102. The standard InChI is InChI=1S/C27H20FN3O4.C21H18N2O3/c1-33-24-14-21-22(15-25(24)34-2)29-11-9-23(21)35-19-8-6-16-12-18(7-5-17(16)13-19)31-27(32)20-4-3-10-30-26(20)28;1-24-20-11-17-18(12-21(20)25-2)23-8-7-19(17)26-16-6-4-13-9-15(22)5-3-14(13)10-16/h3-15H,1-2H3,(H,31,32);3-12H,22H2,1-2H3. The lowest BCUT2D eigenvalue weighted by atomic mass is 10.1. The Bertz CT molecular complexity index is 3090. The first-order valence-electron chi connectivity index (χ1n) is 18.9. The first kappa shape index (κ1) is 39.6. The molecule has 61 heavy (non-hydrogen) atoms. The second-order valence-corrected chi connectivity index (χ2v) is 13.6. The summed E-state index contributed by atoms with van der Waals surface area (Å²) >= 11 is 0. The summed E-state index contributed by atoms with van der Waals surface area (Å²) in [5.41, 5.74) is 8.49. The van der Waals surface area contributed by atoms with E-state index < -0.39 is 11.9 Å². The van der Waals surface area contributed by atoms with Crippen LogP contribution in [0.15, 0.2) is 140 Å². The van der Waals surface area contributed by atoms with Crippen molar-refractivity contribution in [3.8, 4) is 46.0 Å². The summed E-state index contributed by atoms with van der Waals surface area (Å²) in [6, 6.07) is 36.6. The number of nitrogens with one attached hydrogen (secondary N) is 1. The maximum Gasteiger partial charge on any atom is 0.260 e. The third-order valence-corrected chi connectivity index (χ3v) is 9.78. The Morgan fingerprint density at radius 3 is 1.56 bits per heavy atom. The first-order valence-corrected chi connectivity index (χ1v) is 18.9. The molecule has 0 aliphatic heterocycles. The average Bonchev–Trinajstić information content (AvgIpc) is 3.28. The fourth-order valence-electron chi connectivity index (χ4n) is 6.75. The van der Waals surface area contributed by atoms with Crippen molar-refractivity contribution < 1.29 is 37.6 Å². The van der Waals surface area contributed by atoms with E-state index in [1.54, 1.807) is 59.0 Å². The van der Waals surface area contributed by atoms with E-state index >= 15 is 0 Å². The number of aromatic nitrogens is 3. The molecule has 6 aromatic carbocycles. The maximum absolute atomic E-state index is 13.8. The number of methoxy groups -OCH3 is 4. The molecule has 3 aromatic heterocycles. The first-order chi connectivity index (χ1) is 29.7. The fraction of sp³-hybridized carbons (Fsp3) is 0.0833. The fourth-order valence-corrected chi connectivity index (χ4v) is 6.75. The summed E-state index contributed by atoms with van der Waals surface area (Å²) in [4.78, 5) is 24.7. The number of carbonyl (C=O) groups is 1. The van der Waals surface area contributed by atoms with E-state index in [-0.39, 0.29) is 5.56 Å². The van der Waals surface area contributed by atoms with E-state index in [1.165, 1.54) is 18.3 Å². The summed E-state index contributed by atoms with van der Waals surface area (Å²) < 4.78 is 47.6. The molecule has 0 saturated heterocycles. The van der Waals surface area contributed by atoms with Gasteiger partial charge >= 0.3 is 0 Å². The number of anilines is 2. The number of nitrogens with two attached hydrogens (primary N) is 1. The van der Waals surface area contributed by atoms with Gasteiger partial charge in [-0.1, -0.05) is 24.3 Å². The van der Waals surface area contributed by atoms with Gasteiger partial charge in [-0.2, -0.15) is 4.39 Å². The van der Waals surface area contributed by atoms with Crippen LogP contribution in [-0.4, -0.2) is 49.3 Å². The van der Waals surface area contributed by atoms with Crippen LogP contribution in [0.4, 0.5) is 15.8 Å². The number of hydrogen-bond donors (Lipinski definition) is 2. The number of halogens is 1. The minimum atomic E-state index is -0.813. The van der Waals surface area contributed by atoms with Crippen LogP contribution in [0.3, 0.4) is 0 Å². The maximum atomic E-state index is 13.8. The molecule has 0 atom stereocenters. The Labute approximate surface area is 349 Å². The zero-order valence-corrected chi connectivity index (χ0v) is 33.4. The Kier molecular flexibility index (Phi) is 11.3. The zero-order valence-electron chi connectivity index (χ0n) is 33.4. The van der Waals surface area contributed by atoms with E-state index in [1.807, 2.05) is 91.0 Å². The van der Waals surface area contributed by atoms with Crippen LogP contribution in [0.2, 0.25) is 0 Å². The van der Waals surface area contributed by atoms with E-state index in [2.05, 4.69) is 20.3 Å². The van der Waals surface area contributed by atoms with Gasteiger partial charge in [-0.3, -0.25) is 14.8 Å². The van der Waals surface area contributed by atoms with Gasteiger partial charge in [-0.05, 0) is 106 Å². The highest BCUT2D eigenvalue weighted by atomic mass is 19.1. The van der Waals surface area contributed by atoms with Crippen molar-refractivity contribution in [1.82, 2.24) is 15.0 Å². The molecule has 0 unspecified atom stereocenters. The molecular formula is C48H38FN5O7. The Hall–Kier alpha value is -8.19. The smallest absolute Gasteiger partial charge is 0.260 e. The summed E-state index contributed by atoms with van der Waals surface area (Å²) in [7, 11) is 6.36. The molecule has 0 aliphatic carbocycles. The van der Waals surface area contributed by atoms with Crippen molar-refractivity contribution in [1.29, 1.82) is 0 Å². The second kappa shape index (κ2) is 17.3. The Balaban J connectivity index is 0.000000176. The highest BCUT2D eigenvalue weighted by Crippen LogP contribution is 2.39. The molecule has 1 amide bonds. The van der Waals surface area contributed by atoms with Crippen LogP contribution < -0.4 is 39.5 Å². The minimum Gasteiger partial charge on any atom is -0.493 e. The summed E-state index contributed by atoms with van der Waals surface area (Å²) in [6.45, 7) is 0. The number of amides is 1. The number of fused-ring (bicyclic) bond motifs is 4. The highest BCUT2D eigenvalue weighted by molar-refractivity contribution is 6.05. The van der Waals surface area contributed by atoms with Crippen LogP contribution >= 0.6 is 0 Å². The van der Waals surface area contributed by atoms with Crippen molar-refractivity contribution in [3.63, 3.8) is 0 Å². The van der Waals surface area contributed by atoms with Gasteiger partial charge in [0.05, 0.1) is 45.0 Å². The van der Waals surface area contributed by atoms with Crippen molar-refractivity contribution in [3.05, 3.63) is 151 Å². The van der Waals surface area contributed by atoms with Gasteiger partial charge in [-0.15, -0.1) is 0 Å². The van der Waals surface area contributed by atoms with Gasteiger partial charge < -0.3 is 39.5 Å². The van der Waals surface area contributed by atoms with Crippen molar-refractivity contribution >= 4 is 60.6 Å². The second-order valence-electron chi connectivity index (χ2n) is 13.6. The molecule has 0 radical (unpaired) electrons. The summed E-state index contributed by atoms with van der Waals surface area (Å²) in [6.07, 6.45) is 4.68. The molecule has 0 fully saturated rings. The predicted octanol–water partition coefficient (Wildman–Crippen LogP) is 10.8. The van der Waals surface area contributed by atoms with Gasteiger partial charge in [0.2, 0.25) is 5.95 Å². The summed E-state index contributed by atoms with van der Waals surface area (Å²) in [5.74, 6) is 3.75. The molecule has 0 aliphatic rings. The number of ether oxygens (including phenoxy) is 6. The van der Waals surface area contributed by atoms with Gasteiger partial charge in [0.1, 0.15) is 23.0 Å². The zero-order chi connectivity index (χ0) is 42.5. The number of carbonyl (C=O) groups excluding carboxylic acids is 1. The van der Waals surface area contributed by atoms with Crippen molar-refractivity contribution in [2.24, 2.45) is 0 Å². The van der Waals surface area contributed by atoms with E-state index in [0.717, 1.165) is 49.3 Å². The molecule has 13 heteroatoms. The average molecular weight is 816 g/mol. The Morgan fingerprint density at radius 1 is 0.525 bits per heavy atom. The van der Waals surface area contributed by atoms with Crippen LogP contribution in [-0.2, 0) is 0 Å². The molecule has 304 valence electrons. The van der Waals surface area contributed by atoms with Gasteiger partial charge in [-0.25, -0.2) is 4.98 Å². The minimum absolute atomic E-state index is 0.116. The highest BCUT2D eigenvalue weighted by Gasteiger charge is 2.15. The SMILES string of the molecule is COc1cc2nccc(Oc3ccc4cc(N)ccc4c3)c2cc1OC.COc1cc2nccc(Oc3ccc4cc(NC(=O)c5cccnc5F)ccc4c3)c2cc1OC. The van der Waals surface area contributed by atoms with Gasteiger partial charge in [0.15, 0.2) is 23.0 Å². The molecule has 0 bridgehead atoms. The van der Waals surface area contributed by atoms with Crippen LogP contribution in [0.25, 0.3) is 43.4 Å². The monoisotopic (exact) mass is 815 g/mol.